The molecule has 0 aliphatic rings. The minimum atomic E-state index is 0.555. The van der Waals surface area contributed by atoms with Crippen LogP contribution in [0.15, 0.2) is 133 Å². The molecule has 0 bridgehead atoms. The fraction of sp³-hybridized carbons (Fsp3) is 0. The highest BCUT2D eigenvalue weighted by Gasteiger charge is 2.20. The largest absolute Gasteiger partial charge is 0.309 e. The van der Waals surface area contributed by atoms with E-state index >= 15 is 0 Å². The second kappa shape index (κ2) is 9.24. The normalized spacial score (nSPS) is 11.3. The fourth-order valence-electron chi connectivity index (χ4n) is 6.43. The Bertz CT molecular complexity index is 2340. The van der Waals surface area contributed by atoms with E-state index in [9.17, 15) is 10.5 Å². The van der Waals surface area contributed by atoms with Crippen LogP contribution in [-0.2, 0) is 0 Å². The zero-order chi connectivity index (χ0) is 28.2. The smallest absolute Gasteiger partial charge is 0.101 e. The van der Waals surface area contributed by atoms with Crippen LogP contribution in [0.3, 0.4) is 0 Å². The van der Waals surface area contributed by atoms with Crippen molar-refractivity contribution in [2.24, 2.45) is 0 Å². The van der Waals surface area contributed by atoms with Gasteiger partial charge in [-0.25, -0.2) is 0 Å². The summed E-state index contributed by atoms with van der Waals surface area (Å²) in [4.78, 5) is 0. The van der Waals surface area contributed by atoms with Crippen LogP contribution in [0.25, 0.3) is 66.1 Å². The second-order valence-corrected chi connectivity index (χ2v) is 10.4. The minimum Gasteiger partial charge on any atom is -0.309 e. The van der Waals surface area contributed by atoms with Crippen LogP contribution in [0.2, 0.25) is 0 Å². The van der Waals surface area contributed by atoms with Crippen molar-refractivity contribution in [3.63, 3.8) is 0 Å². The third-order valence-corrected chi connectivity index (χ3v) is 8.16. The number of rotatable bonds is 3. The van der Waals surface area contributed by atoms with E-state index in [0.717, 1.165) is 66.1 Å². The maximum Gasteiger partial charge on any atom is 0.101 e. The van der Waals surface area contributed by atoms with Gasteiger partial charge in [-0.3, -0.25) is 0 Å². The molecule has 0 saturated carbocycles. The topological polar surface area (TPSA) is 57.4 Å². The number of fused-ring (bicyclic) bond motifs is 6. The molecule has 0 saturated heterocycles. The van der Waals surface area contributed by atoms with Crippen LogP contribution in [0.4, 0.5) is 0 Å². The van der Waals surface area contributed by atoms with Crippen molar-refractivity contribution in [3.05, 3.63) is 145 Å². The van der Waals surface area contributed by atoms with E-state index in [1.807, 2.05) is 66.7 Å². The maximum absolute atomic E-state index is 10.4. The highest BCUT2D eigenvalue weighted by Crippen LogP contribution is 2.39. The molecule has 0 radical (unpaired) electrons. The van der Waals surface area contributed by atoms with E-state index in [1.165, 1.54) is 0 Å². The van der Waals surface area contributed by atoms with E-state index < -0.39 is 0 Å². The van der Waals surface area contributed by atoms with Gasteiger partial charge in [0, 0.05) is 32.8 Å². The Morgan fingerprint density at radius 1 is 0.452 bits per heavy atom. The van der Waals surface area contributed by atoms with Gasteiger partial charge in [-0.1, -0.05) is 84.9 Å². The molecule has 0 spiro atoms. The van der Waals surface area contributed by atoms with E-state index in [4.69, 9.17) is 0 Å². The molecular weight excluding hydrogens is 512 g/mol. The van der Waals surface area contributed by atoms with E-state index in [2.05, 4.69) is 88.0 Å². The second-order valence-electron chi connectivity index (χ2n) is 10.4. The Hall–Kier alpha value is -6.10. The van der Waals surface area contributed by atoms with Gasteiger partial charge in [0.1, 0.15) is 6.07 Å². The molecule has 2 heterocycles. The van der Waals surface area contributed by atoms with Gasteiger partial charge < -0.3 is 9.13 Å². The van der Waals surface area contributed by atoms with Crippen molar-refractivity contribution in [2.45, 2.75) is 0 Å². The van der Waals surface area contributed by atoms with Gasteiger partial charge in [0.25, 0.3) is 0 Å². The molecule has 0 aliphatic heterocycles. The van der Waals surface area contributed by atoms with Gasteiger partial charge in [-0.05, 0) is 54.1 Å². The number of nitriles is 2. The number of hydrogen-bond donors (Lipinski definition) is 0. The van der Waals surface area contributed by atoms with E-state index in [-0.39, 0.29) is 0 Å². The number of nitrogens with zero attached hydrogens (tertiary/aromatic N) is 4. The number of para-hydroxylation sites is 5. The van der Waals surface area contributed by atoms with Crippen LogP contribution in [0, 0.1) is 22.7 Å². The van der Waals surface area contributed by atoms with E-state index in [0.29, 0.717) is 11.1 Å². The third-order valence-electron chi connectivity index (χ3n) is 8.16. The zero-order valence-electron chi connectivity index (χ0n) is 22.5. The van der Waals surface area contributed by atoms with E-state index in [1.54, 1.807) is 0 Å². The van der Waals surface area contributed by atoms with Crippen molar-refractivity contribution in [2.75, 3.05) is 0 Å². The fourth-order valence-corrected chi connectivity index (χ4v) is 6.43. The highest BCUT2D eigenvalue weighted by molar-refractivity contribution is 6.11. The minimum absolute atomic E-state index is 0.555. The molecule has 8 aromatic rings. The average molecular weight is 535 g/mol. The number of aromatic nitrogens is 2. The van der Waals surface area contributed by atoms with Crippen LogP contribution >= 0.6 is 0 Å². The van der Waals surface area contributed by atoms with Crippen molar-refractivity contribution in [3.8, 4) is 34.6 Å². The van der Waals surface area contributed by atoms with Gasteiger partial charge in [0.15, 0.2) is 0 Å². The summed E-state index contributed by atoms with van der Waals surface area (Å²) < 4.78 is 4.42. The summed E-state index contributed by atoms with van der Waals surface area (Å²) >= 11 is 0. The Morgan fingerprint density at radius 3 is 1.45 bits per heavy atom. The van der Waals surface area contributed by atoms with Crippen LogP contribution in [0.1, 0.15) is 11.1 Å². The number of benzene rings is 6. The molecule has 42 heavy (non-hydrogen) atoms. The first-order valence-electron chi connectivity index (χ1n) is 13.8. The summed E-state index contributed by atoms with van der Waals surface area (Å²) in [6.07, 6.45) is 0. The predicted octanol–water partition coefficient (Wildman–Crippen LogP) is 9.29. The summed E-state index contributed by atoms with van der Waals surface area (Å²) in [5, 5.41) is 25.1. The van der Waals surface area contributed by atoms with Crippen molar-refractivity contribution in [1.82, 2.24) is 9.13 Å². The molecule has 0 N–H and O–H groups in total. The first-order chi connectivity index (χ1) is 20.8. The van der Waals surface area contributed by atoms with Gasteiger partial charge >= 0.3 is 0 Å². The molecule has 6 aromatic carbocycles. The summed E-state index contributed by atoms with van der Waals surface area (Å²) in [5.74, 6) is 0. The Kier molecular flexibility index (Phi) is 5.22. The monoisotopic (exact) mass is 534 g/mol. The lowest BCUT2D eigenvalue weighted by Gasteiger charge is -2.17. The first-order valence-corrected chi connectivity index (χ1v) is 13.8. The lowest BCUT2D eigenvalue weighted by atomic mass is 9.97. The zero-order valence-corrected chi connectivity index (χ0v) is 22.5. The quantitative estimate of drug-likeness (QED) is 0.227. The van der Waals surface area contributed by atoms with Gasteiger partial charge in [-0.15, -0.1) is 0 Å². The summed E-state index contributed by atoms with van der Waals surface area (Å²) in [5.41, 5.74) is 8.81. The summed E-state index contributed by atoms with van der Waals surface area (Å²) in [7, 11) is 0. The third kappa shape index (κ3) is 3.40. The van der Waals surface area contributed by atoms with Gasteiger partial charge in [0.2, 0.25) is 0 Å². The van der Waals surface area contributed by atoms with Gasteiger partial charge in [-0.2, -0.15) is 10.5 Å². The van der Waals surface area contributed by atoms with Gasteiger partial charge in [0.05, 0.1) is 45.0 Å². The summed E-state index contributed by atoms with van der Waals surface area (Å²) in [6.45, 7) is 0. The van der Waals surface area contributed by atoms with Crippen molar-refractivity contribution >= 4 is 43.6 Å². The molecular formula is C38H22N4. The van der Waals surface area contributed by atoms with Crippen LogP contribution in [-0.4, -0.2) is 9.13 Å². The lowest BCUT2D eigenvalue weighted by molar-refractivity contribution is 1.16. The maximum atomic E-state index is 10.4. The summed E-state index contributed by atoms with van der Waals surface area (Å²) in [6, 6.07) is 50.0. The standard InChI is InChI=1S/C38H22N4/c39-23-25-20-27(22-28(21-25)41-34-16-5-1-11-30(34)31-12-2-6-17-35(31)41)29-15-9-10-26(24-40)38(29)42-36-18-7-3-13-32(36)33-14-4-8-19-37(33)42/h1-22H. The molecule has 0 amide bonds. The molecule has 8 rings (SSSR count). The van der Waals surface area contributed by atoms with Crippen molar-refractivity contribution in [1.29, 1.82) is 10.5 Å². The van der Waals surface area contributed by atoms with Crippen molar-refractivity contribution < 1.29 is 0 Å². The molecule has 0 aliphatic carbocycles. The molecule has 2 aromatic heterocycles. The molecule has 0 unspecified atom stereocenters. The first kappa shape index (κ1) is 23.8. The van der Waals surface area contributed by atoms with Crippen LogP contribution < -0.4 is 0 Å². The molecule has 4 nitrogen and oxygen atoms in total. The SMILES string of the molecule is N#Cc1cc(-c2cccc(C#N)c2-n2c3ccccc3c3ccccc32)cc(-n2c3ccccc3c3ccccc32)c1. The molecule has 194 valence electrons. The Balaban J connectivity index is 1.47. The predicted molar refractivity (Wildman–Crippen MR) is 170 cm³/mol. The van der Waals surface area contributed by atoms with Crippen LogP contribution in [0.5, 0.6) is 0 Å². The Labute approximate surface area is 242 Å². The molecule has 4 heteroatoms. The molecule has 0 fully saturated rings. The highest BCUT2D eigenvalue weighted by atomic mass is 15.0. The number of hydrogen-bond acceptors (Lipinski definition) is 2. The molecule has 0 atom stereocenters. The Morgan fingerprint density at radius 2 is 0.952 bits per heavy atom. The average Bonchev–Trinajstić information content (AvgIpc) is 3.57. The lowest BCUT2D eigenvalue weighted by Crippen LogP contribution is -2.02.